The number of likely N-dealkylation sites (tertiary alicyclic amines) is 1. The van der Waals surface area contributed by atoms with Gasteiger partial charge < -0.3 is 24.6 Å². The number of ether oxygens (including phenoxy) is 2. The number of hydrogen-bond acceptors (Lipinski definition) is 6. The zero-order valence-corrected chi connectivity index (χ0v) is 23.5. The highest BCUT2D eigenvalue weighted by atomic mass is 79.9. The van der Waals surface area contributed by atoms with E-state index in [-0.39, 0.29) is 35.3 Å². The molecule has 208 valence electrons. The van der Waals surface area contributed by atoms with Crippen molar-refractivity contribution in [1.82, 2.24) is 9.88 Å². The predicted molar refractivity (Wildman–Crippen MR) is 143 cm³/mol. The summed E-state index contributed by atoms with van der Waals surface area (Å²) in [7, 11) is 1.35. The van der Waals surface area contributed by atoms with Crippen LogP contribution in [0.4, 0.5) is 8.78 Å². The van der Waals surface area contributed by atoms with Crippen LogP contribution in [0.25, 0.3) is 0 Å². The summed E-state index contributed by atoms with van der Waals surface area (Å²) in [6.07, 6.45) is -2.01. The largest absolute Gasteiger partial charge is 0.481 e. The normalized spacial score (nSPS) is 34.6. The van der Waals surface area contributed by atoms with E-state index in [9.17, 15) is 23.8 Å². The van der Waals surface area contributed by atoms with E-state index in [1.807, 2.05) is 0 Å². The number of amides is 1. The Bertz CT molecular complexity index is 1550. The van der Waals surface area contributed by atoms with Gasteiger partial charge in [0.2, 0.25) is 11.8 Å². The van der Waals surface area contributed by atoms with E-state index in [1.165, 1.54) is 18.1 Å². The van der Waals surface area contributed by atoms with Gasteiger partial charge in [-0.3, -0.25) is 4.79 Å². The molecular weight excluding hydrogens is 610 g/mol. The van der Waals surface area contributed by atoms with E-state index >= 15 is 0 Å². The molecule has 2 saturated carbocycles. The van der Waals surface area contributed by atoms with Crippen LogP contribution in [0.5, 0.6) is 11.6 Å². The molecule has 3 heterocycles. The fourth-order valence-electron chi connectivity index (χ4n) is 7.27. The second-order valence-electron chi connectivity index (χ2n) is 11.0. The average Bonchev–Trinajstić information content (AvgIpc) is 3.36. The highest BCUT2D eigenvalue weighted by molar-refractivity contribution is 9.10. The minimum atomic E-state index is -2.99. The minimum absolute atomic E-state index is 0.0427. The standard InChI is InChI=1S/C29H24BrClF2N2O5/c1-39-24-22-18(13-19(31)34-24)40-29(16-7-9-17(30)10-8-16)21(15-5-3-2-4-6-15)20(23(36)28(22,29)38)25(37)35-12-11-26(35)14-27(26,32)33/h2-10,13,20-21,23,36,38H,11-12,14H2,1H3/t20-,21-,23-,26-,28+,29+/m1/s1. The zero-order valence-electron chi connectivity index (χ0n) is 21.2. The number of carbonyl (C=O) groups is 1. The number of aliphatic hydroxyl groups excluding tert-OH is 1. The van der Waals surface area contributed by atoms with Gasteiger partial charge in [-0.2, -0.15) is 0 Å². The molecule has 7 rings (SSSR count). The number of alkyl halides is 2. The number of halogens is 4. The molecule has 7 nitrogen and oxygen atoms in total. The van der Waals surface area contributed by atoms with Crippen molar-refractivity contribution in [2.45, 2.75) is 47.5 Å². The molecular formula is C29H24BrClF2N2O5. The molecule has 1 amide bonds. The van der Waals surface area contributed by atoms with E-state index < -0.39 is 52.9 Å². The Balaban J connectivity index is 1.50. The van der Waals surface area contributed by atoms with Gasteiger partial charge in [0.05, 0.1) is 18.6 Å². The van der Waals surface area contributed by atoms with Crippen LogP contribution in [-0.4, -0.2) is 57.2 Å². The highest BCUT2D eigenvalue weighted by Crippen LogP contribution is 2.71. The van der Waals surface area contributed by atoms with Crippen molar-refractivity contribution in [1.29, 1.82) is 0 Å². The molecule has 2 aromatic carbocycles. The number of pyridine rings is 1. The van der Waals surface area contributed by atoms with Crippen molar-refractivity contribution in [2.75, 3.05) is 13.7 Å². The van der Waals surface area contributed by atoms with E-state index in [0.717, 1.165) is 4.47 Å². The Kier molecular flexibility index (Phi) is 5.47. The molecule has 3 fully saturated rings. The third-order valence-electron chi connectivity index (χ3n) is 9.21. The van der Waals surface area contributed by atoms with Gasteiger partial charge in [0.1, 0.15) is 22.5 Å². The van der Waals surface area contributed by atoms with Crippen molar-refractivity contribution in [3.8, 4) is 11.6 Å². The van der Waals surface area contributed by atoms with Gasteiger partial charge in [-0.15, -0.1) is 0 Å². The smallest absolute Gasteiger partial charge is 0.273 e. The molecule has 40 heavy (non-hydrogen) atoms. The van der Waals surface area contributed by atoms with Gasteiger partial charge in [-0.05, 0) is 29.7 Å². The summed E-state index contributed by atoms with van der Waals surface area (Å²) in [5, 5.41) is 25.0. The Morgan fingerprint density at radius 1 is 1.20 bits per heavy atom. The number of aliphatic hydroxyl groups is 2. The lowest BCUT2D eigenvalue weighted by atomic mass is 9.70. The number of benzene rings is 2. The molecule has 2 aliphatic carbocycles. The first kappa shape index (κ1) is 26.1. The van der Waals surface area contributed by atoms with Gasteiger partial charge in [-0.25, -0.2) is 13.8 Å². The van der Waals surface area contributed by atoms with Crippen molar-refractivity contribution >= 4 is 33.4 Å². The fraction of sp³-hybridized carbons (Fsp3) is 0.379. The lowest BCUT2D eigenvalue weighted by Gasteiger charge is -2.45. The van der Waals surface area contributed by atoms with Crippen LogP contribution in [0.2, 0.25) is 5.15 Å². The number of aromatic nitrogens is 1. The Hall–Kier alpha value is -2.79. The van der Waals surface area contributed by atoms with Crippen LogP contribution in [0.15, 0.2) is 65.1 Å². The molecule has 6 atom stereocenters. The van der Waals surface area contributed by atoms with Crippen molar-refractivity contribution in [2.24, 2.45) is 5.92 Å². The number of hydrogen-bond donors (Lipinski definition) is 2. The minimum Gasteiger partial charge on any atom is -0.481 e. The number of rotatable bonds is 4. The lowest BCUT2D eigenvalue weighted by molar-refractivity contribution is -0.163. The van der Waals surface area contributed by atoms with Gasteiger partial charge in [0.25, 0.3) is 5.92 Å². The van der Waals surface area contributed by atoms with Crippen molar-refractivity contribution < 1.29 is 33.3 Å². The highest BCUT2D eigenvalue weighted by Gasteiger charge is 2.82. The molecule has 4 aliphatic rings. The maximum atomic E-state index is 14.5. The molecule has 1 saturated heterocycles. The van der Waals surface area contributed by atoms with Crippen molar-refractivity contribution in [3.63, 3.8) is 0 Å². The maximum Gasteiger partial charge on any atom is 0.273 e. The quantitative estimate of drug-likeness (QED) is 0.403. The van der Waals surface area contributed by atoms with Crippen LogP contribution in [0.1, 0.15) is 35.4 Å². The number of methoxy groups -OCH3 is 1. The van der Waals surface area contributed by atoms with Crippen LogP contribution < -0.4 is 9.47 Å². The summed E-state index contributed by atoms with van der Waals surface area (Å²) in [5.74, 6) is -5.91. The molecule has 3 aromatic rings. The number of nitrogens with zero attached hydrogens (tertiary/aromatic N) is 2. The van der Waals surface area contributed by atoms with E-state index in [1.54, 1.807) is 54.6 Å². The second kappa shape index (κ2) is 8.38. The van der Waals surface area contributed by atoms with Crippen LogP contribution >= 0.6 is 27.5 Å². The van der Waals surface area contributed by atoms with Crippen LogP contribution in [0.3, 0.4) is 0 Å². The Labute approximate surface area is 241 Å². The first-order chi connectivity index (χ1) is 19.0. The lowest BCUT2D eigenvalue weighted by Crippen LogP contribution is -2.60. The van der Waals surface area contributed by atoms with Crippen LogP contribution in [-0.2, 0) is 16.0 Å². The second-order valence-corrected chi connectivity index (χ2v) is 12.3. The van der Waals surface area contributed by atoms with E-state index in [2.05, 4.69) is 20.9 Å². The molecule has 2 N–H and O–H groups in total. The summed E-state index contributed by atoms with van der Waals surface area (Å²) in [6, 6.07) is 17.3. The Morgan fingerprint density at radius 3 is 2.45 bits per heavy atom. The zero-order chi connectivity index (χ0) is 28.2. The number of carbonyl (C=O) groups excluding carboxylic acids is 1. The average molecular weight is 634 g/mol. The first-order valence-corrected chi connectivity index (χ1v) is 14.0. The summed E-state index contributed by atoms with van der Waals surface area (Å²) in [6.45, 7) is 0.140. The van der Waals surface area contributed by atoms with Gasteiger partial charge in [0, 0.05) is 29.4 Å². The molecule has 1 spiro atoms. The summed E-state index contributed by atoms with van der Waals surface area (Å²) in [5.41, 5.74) is -4.50. The fourth-order valence-corrected chi connectivity index (χ4v) is 7.71. The first-order valence-electron chi connectivity index (χ1n) is 12.9. The maximum absolute atomic E-state index is 14.5. The van der Waals surface area contributed by atoms with Gasteiger partial charge in [-0.1, -0.05) is 70.0 Å². The molecule has 0 bridgehead atoms. The predicted octanol–water partition coefficient (Wildman–Crippen LogP) is 4.77. The monoisotopic (exact) mass is 632 g/mol. The SMILES string of the molecule is COc1nc(Cl)cc2c1[C@]1(O)[C@H](O)[C@H](C(=O)N3CC[C@]34CC4(F)F)[C@@H](c3ccccc3)[C@]1(c1ccc(Br)cc1)O2. The molecule has 0 radical (unpaired) electrons. The topological polar surface area (TPSA) is 92.1 Å². The molecule has 2 aliphatic heterocycles. The summed E-state index contributed by atoms with van der Waals surface area (Å²) in [4.78, 5) is 19.7. The molecule has 11 heteroatoms. The van der Waals surface area contributed by atoms with Gasteiger partial charge >= 0.3 is 0 Å². The van der Waals surface area contributed by atoms with E-state index in [4.69, 9.17) is 21.1 Å². The van der Waals surface area contributed by atoms with E-state index in [0.29, 0.717) is 11.1 Å². The summed E-state index contributed by atoms with van der Waals surface area (Å²) < 4.78 is 41.9. The van der Waals surface area contributed by atoms with Gasteiger partial charge in [0.15, 0.2) is 11.2 Å². The molecule has 0 unspecified atom stereocenters. The third-order valence-corrected chi connectivity index (χ3v) is 9.94. The summed E-state index contributed by atoms with van der Waals surface area (Å²) >= 11 is 9.71. The molecule has 1 aromatic heterocycles. The third kappa shape index (κ3) is 3.05. The van der Waals surface area contributed by atoms with Crippen LogP contribution in [0, 0.1) is 5.92 Å². The Morgan fingerprint density at radius 2 is 1.88 bits per heavy atom. The number of fused-ring (bicyclic) bond motifs is 3. The van der Waals surface area contributed by atoms with Crippen molar-refractivity contribution in [3.05, 3.63) is 87.0 Å².